The minimum atomic E-state index is -0.559. The van der Waals surface area contributed by atoms with Crippen LogP contribution < -0.4 is 5.32 Å². The molecular formula is C23H19N3O4. The van der Waals surface area contributed by atoms with Crippen LogP contribution in [-0.2, 0) is 4.79 Å². The minimum Gasteiger partial charge on any atom is -0.456 e. The molecule has 0 fully saturated rings. The van der Waals surface area contributed by atoms with Crippen molar-refractivity contribution in [2.45, 2.75) is 20.8 Å². The Kier molecular flexibility index (Phi) is 5.79. The second-order valence-electron chi connectivity index (χ2n) is 6.87. The van der Waals surface area contributed by atoms with E-state index < -0.39 is 10.8 Å². The molecule has 30 heavy (non-hydrogen) atoms. The zero-order valence-corrected chi connectivity index (χ0v) is 16.7. The maximum atomic E-state index is 12.6. The third kappa shape index (κ3) is 4.28. The molecular weight excluding hydrogens is 382 g/mol. The van der Waals surface area contributed by atoms with E-state index in [4.69, 9.17) is 4.42 Å². The predicted octanol–water partition coefficient (Wildman–Crippen LogP) is 5.33. The zero-order valence-electron chi connectivity index (χ0n) is 16.7. The number of nitriles is 1. The largest absolute Gasteiger partial charge is 0.456 e. The molecule has 0 spiro atoms. The summed E-state index contributed by atoms with van der Waals surface area (Å²) in [6.07, 6.45) is 1.31. The summed E-state index contributed by atoms with van der Waals surface area (Å²) in [6, 6.07) is 15.1. The smallest absolute Gasteiger partial charge is 0.280 e. The van der Waals surface area contributed by atoms with E-state index in [2.05, 4.69) is 5.32 Å². The van der Waals surface area contributed by atoms with Crippen molar-refractivity contribution in [3.8, 4) is 17.4 Å². The number of carbonyl (C=O) groups excluding carboxylic acids is 1. The van der Waals surface area contributed by atoms with Gasteiger partial charge in [0.15, 0.2) is 0 Å². The van der Waals surface area contributed by atoms with Gasteiger partial charge in [0, 0.05) is 17.8 Å². The monoisotopic (exact) mass is 401 g/mol. The van der Waals surface area contributed by atoms with Crippen molar-refractivity contribution in [1.29, 1.82) is 5.26 Å². The van der Waals surface area contributed by atoms with Gasteiger partial charge >= 0.3 is 0 Å². The Labute approximate surface area is 173 Å². The second-order valence-corrected chi connectivity index (χ2v) is 6.87. The fourth-order valence-corrected chi connectivity index (χ4v) is 3.27. The average Bonchev–Trinajstić information content (AvgIpc) is 3.17. The molecule has 1 N–H and O–H groups in total. The van der Waals surface area contributed by atoms with Gasteiger partial charge in [-0.1, -0.05) is 29.8 Å². The van der Waals surface area contributed by atoms with E-state index in [1.165, 1.54) is 12.1 Å². The van der Waals surface area contributed by atoms with E-state index in [0.717, 1.165) is 16.7 Å². The third-order valence-electron chi connectivity index (χ3n) is 4.56. The Balaban J connectivity index is 1.89. The van der Waals surface area contributed by atoms with Crippen molar-refractivity contribution in [1.82, 2.24) is 0 Å². The molecule has 2 aromatic carbocycles. The molecule has 0 atom stereocenters. The van der Waals surface area contributed by atoms with Gasteiger partial charge in [0.25, 0.3) is 11.6 Å². The van der Waals surface area contributed by atoms with Crippen LogP contribution in [0.25, 0.3) is 17.4 Å². The van der Waals surface area contributed by atoms with Crippen LogP contribution in [0.2, 0.25) is 0 Å². The number of hydrogen-bond donors (Lipinski definition) is 1. The number of nitro benzene ring substituents is 1. The number of nitro groups is 1. The van der Waals surface area contributed by atoms with Crippen LogP contribution >= 0.6 is 0 Å². The van der Waals surface area contributed by atoms with Crippen LogP contribution in [0.5, 0.6) is 0 Å². The molecule has 0 saturated carbocycles. The van der Waals surface area contributed by atoms with E-state index in [1.807, 2.05) is 39.0 Å². The number of nitrogens with zero attached hydrogens (tertiary/aromatic N) is 2. The highest BCUT2D eigenvalue weighted by Gasteiger charge is 2.18. The molecule has 0 aliphatic rings. The molecule has 0 aliphatic carbocycles. The molecule has 3 aromatic rings. The summed E-state index contributed by atoms with van der Waals surface area (Å²) in [6.45, 7) is 5.74. The molecule has 0 radical (unpaired) electrons. The van der Waals surface area contributed by atoms with Crippen molar-refractivity contribution in [3.63, 3.8) is 0 Å². The topological polar surface area (TPSA) is 109 Å². The summed E-state index contributed by atoms with van der Waals surface area (Å²) in [7, 11) is 0. The number of rotatable bonds is 5. The fourth-order valence-electron chi connectivity index (χ4n) is 3.27. The van der Waals surface area contributed by atoms with E-state index in [1.54, 1.807) is 30.3 Å². The molecule has 0 bridgehead atoms. The summed E-state index contributed by atoms with van der Waals surface area (Å²) >= 11 is 0. The molecule has 7 nitrogen and oxygen atoms in total. The Morgan fingerprint density at radius 2 is 1.80 bits per heavy atom. The Bertz CT molecular complexity index is 1190. The van der Waals surface area contributed by atoms with Gasteiger partial charge in [-0.2, -0.15) is 5.26 Å². The summed E-state index contributed by atoms with van der Waals surface area (Å²) in [5.74, 6) is -0.0418. The third-order valence-corrected chi connectivity index (χ3v) is 4.56. The predicted molar refractivity (Wildman–Crippen MR) is 114 cm³/mol. The second kappa shape index (κ2) is 8.45. The van der Waals surface area contributed by atoms with Crippen molar-refractivity contribution in [2.24, 2.45) is 0 Å². The zero-order chi connectivity index (χ0) is 21.8. The number of nitrogens with one attached hydrogen (secondary N) is 1. The van der Waals surface area contributed by atoms with Gasteiger partial charge in [0.2, 0.25) is 0 Å². The summed E-state index contributed by atoms with van der Waals surface area (Å²) < 4.78 is 5.64. The first kappa shape index (κ1) is 20.6. The number of benzene rings is 2. The number of anilines is 1. The lowest BCUT2D eigenvalue weighted by atomic mass is 10.0. The lowest BCUT2D eigenvalue weighted by Gasteiger charge is -2.12. The SMILES string of the molecule is Cc1cc(C)c(NC(=O)/C(C#N)=C\c2ccc(-c3ccccc3[N+](=O)[O-])o2)c(C)c1. The molecule has 1 heterocycles. The highest BCUT2D eigenvalue weighted by atomic mass is 16.6. The number of carbonyl (C=O) groups is 1. The molecule has 1 amide bonds. The van der Waals surface area contributed by atoms with E-state index in [9.17, 15) is 20.2 Å². The summed E-state index contributed by atoms with van der Waals surface area (Å²) in [5, 5.41) is 23.4. The van der Waals surface area contributed by atoms with Crippen molar-refractivity contribution < 1.29 is 14.1 Å². The maximum Gasteiger partial charge on any atom is 0.280 e. The number of amides is 1. The van der Waals surface area contributed by atoms with Gasteiger partial charge in [-0.3, -0.25) is 14.9 Å². The van der Waals surface area contributed by atoms with Crippen LogP contribution in [0.15, 0.2) is 58.5 Å². The van der Waals surface area contributed by atoms with Crippen molar-refractivity contribution in [2.75, 3.05) is 5.32 Å². The summed E-state index contributed by atoms with van der Waals surface area (Å²) in [5.41, 5.74) is 3.62. The molecule has 3 rings (SSSR count). The molecule has 0 unspecified atom stereocenters. The molecule has 150 valence electrons. The van der Waals surface area contributed by atoms with Crippen LogP contribution in [0, 0.1) is 42.2 Å². The number of aryl methyl sites for hydroxylation is 3. The van der Waals surface area contributed by atoms with Gasteiger partial charge in [0.1, 0.15) is 23.2 Å². The van der Waals surface area contributed by atoms with Crippen LogP contribution in [0.1, 0.15) is 22.5 Å². The number of hydrogen-bond acceptors (Lipinski definition) is 5. The van der Waals surface area contributed by atoms with Crippen LogP contribution in [0.4, 0.5) is 11.4 Å². The fraction of sp³-hybridized carbons (Fsp3) is 0.130. The van der Waals surface area contributed by atoms with E-state index in [-0.39, 0.29) is 22.8 Å². The molecule has 1 aromatic heterocycles. The number of para-hydroxylation sites is 1. The first-order chi connectivity index (χ1) is 14.3. The standard InChI is InChI=1S/C23H19N3O4/c1-14-10-15(2)22(16(3)11-14)25-23(27)17(13-24)12-18-8-9-21(30-18)19-6-4-5-7-20(19)26(28)29/h4-12H,1-3H3,(H,25,27)/b17-12-. The Hall–Kier alpha value is -4.18. The number of furan rings is 1. The van der Waals surface area contributed by atoms with Crippen LogP contribution in [0.3, 0.4) is 0 Å². The summed E-state index contributed by atoms with van der Waals surface area (Å²) in [4.78, 5) is 23.4. The van der Waals surface area contributed by atoms with Gasteiger partial charge in [-0.15, -0.1) is 0 Å². The average molecular weight is 401 g/mol. The highest BCUT2D eigenvalue weighted by Crippen LogP contribution is 2.31. The van der Waals surface area contributed by atoms with Gasteiger partial charge < -0.3 is 9.73 Å². The Morgan fingerprint density at radius 3 is 2.43 bits per heavy atom. The van der Waals surface area contributed by atoms with E-state index in [0.29, 0.717) is 11.3 Å². The van der Waals surface area contributed by atoms with Gasteiger partial charge in [-0.25, -0.2) is 0 Å². The first-order valence-corrected chi connectivity index (χ1v) is 9.14. The maximum absolute atomic E-state index is 12.6. The highest BCUT2D eigenvalue weighted by molar-refractivity contribution is 6.10. The molecule has 7 heteroatoms. The molecule has 0 aliphatic heterocycles. The van der Waals surface area contributed by atoms with E-state index >= 15 is 0 Å². The Morgan fingerprint density at radius 1 is 1.13 bits per heavy atom. The molecule has 0 saturated heterocycles. The van der Waals surface area contributed by atoms with Gasteiger partial charge in [-0.05, 0) is 50.1 Å². The van der Waals surface area contributed by atoms with Crippen LogP contribution in [-0.4, -0.2) is 10.8 Å². The lowest BCUT2D eigenvalue weighted by molar-refractivity contribution is -0.384. The first-order valence-electron chi connectivity index (χ1n) is 9.14. The quantitative estimate of drug-likeness (QED) is 0.269. The van der Waals surface area contributed by atoms with Gasteiger partial charge in [0.05, 0.1) is 10.5 Å². The minimum absolute atomic E-state index is 0.0917. The normalized spacial score (nSPS) is 11.1. The van der Waals surface area contributed by atoms with Crippen molar-refractivity contribution in [3.05, 3.63) is 86.7 Å². The lowest BCUT2D eigenvalue weighted by Crippen LogP contribution is -2.15. The van der Waals surface area contributed by atoms with Crippen molar-refractivity contribution >= 4 is 23.4 Å².